The van der Waals surface area contributed by atoms with Gasteiger partial charge in [0.15, 0.2) is 0 Å². The number of alkyl halides is 2. The molecule has 0 aliphatic carbocycles. The molecule has 1 aromatic heterocycles. The van der Waals surface area contributed by atoms with Crippen LogP contribution in [0.25, 0.3) is 0 Å². The largest absolute Gasteiger partial charge is 0.495 e. The normalized spacial score (nSPS) is 10.8. The standard InChI is InChI=1S/C9H12F2N2O2/c1-15-7-2-5(4-14)6(3-12)13-8(7)9(10)11/h2,9,14H,3-4,12H2,1H3. The predicted molar refractivity (Wildman–Crippen MR) is 49.6 cm³/mol. The van der Waals surface area contributed by atoms with Crippen LogP contribution < -0.4 is 10.5 Å². The Hall–Kier alpha value is -1.27. The van der Waals surface area contributed by atoms with E-state index in [1.54, 1.807) is 0 Å². The average Bonchev–Trinajstić information content (AvgIpc) is 2.26. The lowest BCUT2D eigenvalue weighted by atomic mass is 10.1. The Kier molecular flexibility index (Phi) is 3.93. The van der Waals surface area contributed by atoms with E-state index >= 15 is 0 Å². The van der Waals surface area contributed by atoms with Crippen LogP contribution in [-0.2, 0) is 13.2 Å². The van der Waals surface area contributed by atoms with Crippen molar-refractivity contribution < 1.29 is 18.6 Å². The van der Waals surface area contributed by atoms with Gasteiger partial charge in [0.05, 0.1) is 19.4 Å². The van der Waals surface area contributed by atoms with E-state index in [0.29, 0.717) is 5.56 Å². The third-order valence-electron chi connectivity index (χ3n) is 1.97. The number of halogens is 2. The van der Waals surface area contributed by atoms with Crippen LogP contribution in [-0.4, -0.2) is 17.2 Å². The first-order valence-electron chi connectivity index (χ1n) is 4.29. The number of aliphatic hydroxyl groups excluding tert-OH is 1. The first kappa shape index (κ1) is 11.8. The summed E-state index contributed by atoms with van der Waals surface area (Å²) in [4.78, 5) is 3.67. The Labute approximate surface area is 85.7 Å². The number of nitrogens with zero attached hydrogens (tertiary/aromatic N) is 1. The molecule has 1 heterocycles. The van der Waals surface area contributed by atoms with Crippen molar-refractivity contribution >= 4 is 0 Å². The summed E-state index contributed by atoms with van der Waals surface area (Å²) in [6.07, 6.45) is -2.72. The zero-order chi connectivity index (χ0) is 11.4. The van der Waals surface area contributed by atoms with Crippen molar-refractivity contribution in [1.82, 2.24) is 4.98 Å². The van der Waals surface area contributed by atoms with Crippen molar-refractivity contribution in [2.75, 3.05) is 7.11 Å². The van der Waals surface area contributed by atoms with Gasteiger partial charge in [0, 0.05) is 12.1 Å². The lowest BCUT2D eigenvalue weighted by Crippen LogP contribution is -2.09. The molecular formula is C9H12F2N2O2. The highest BCUT2D eigenvalue weighted by atomic mass is 19.3. The lowest BCUT2D eigenvalue weighted by Gasteiger charge is -2.11. The van der Waals surface area contributed by atoms with Gasteiger partial charge in [-0.25, -0.2) is 13.8 Å². The van der Waals surface area contributed by atoms with Gasteiger partial charge < -0.3 is 15.6 Å². The molecule has 0 amide bonds. The van der Waals surface area contributed by atoms with Gasteiger partial charge in [-0.15, -0.1) is 0 Å². The third-order valence-corrected chi connectivity index (χ3v) is 1.97. The fourth-order valence-electron chi connectivity index (χ4n) is 1.22. The van der Waals surface area contributed by atoms with E-state index in [4.69, 9.17) is 15.6 Å². The second kappa shape index (κ2) is 4.99. The Morgan fingerprint density at radius 1 is 1.60 bits per heavy atom. The fourth-order valence-corrected chi connectivity index (χ4v) is 1.22. The number of nitrogens with two attached hydrogens (primary N) is 1. The van der Waals surface area contributed by atoms with Gasteiger partial charge in [-0.2, -0.15) is 0 Å². The molecule has 0 spiro atoms. The number of ether oxygens (including phenoxy) is 1. The molecule has 0 saturated heterocycles. The SMILES string of the molecule is COc1cc(CO)c(CN)nc1C(F)F. The summed E-state index contributed by atoms with van der Waals surface area (Å²) in [6, 6.07) is 1.33. The topological polar surface area (TPSA) is 68.4 Å². The van der Waals surface area contributed by atoms with Crippen LogP contribution in [0.3, 0.4) is 0 Å². The maximum atomic E-state index is 12.5. The molecule has 3 N–H and O–H groups in total. The molecule has 0 aromatic carbocycles. The van der Waals surface area contributed by atoms with Crippen molar-refractivity contribution in [2.24, 2.45) is 5.73 Å². The van der Waals surface area contributed by atoms with Crippen molar-refractivity contribution in [3.05, 3.63) is 23.0 Å². The number of aromatic nitrogens is 1. The zero-order valence-corrected chi connectivity index (χ0v) is 8.20. The van der Waals surface area contributed by atoms with E-state index in [1.807, 2.05) is 0 Å². The molecule has 0 aliphatic heterocycles. The number of aliphatic hydroxyl groups is 1. The summed E-state index contributed by atoms with van der Waals surface area (Å²) < 4.78 is 29.8. The molecule has 0 radical (unpaired) electrons. The number of pyridine rings is 1. The van der Waals surface area contributed by atoms with Crippen LogP contribution in [0.4, 0.5) is 8.78 Å². The zero-order valence-electron chi connectivity index (χ0n) is 8.20. The summed E-state index contributed by atoms with van der Waals surface area (Å²) in [5, 5.41) is 8.96. The van der Waals surface area contributed by atoms with Gasteiger partial charge in [-0.3, -0.25) is 0 Å². The summed E-state index contributed by atoms with van der Waals surface area (Å²) in [5.74, 6) is -0.0359. The minimum absolute atomic E-state index is 0.000389. The average molecular weight is 218 g/mol. The quantitative estimate of drug-likeness (QED) is 0.790. The molecule has 1 aromatic rings. The smallest absolute Gasteiger partial charge is 0.284 e. The Morgan fingerprint density at radius 2 is 2.27 bits per heavy atom. The molecule has 0 aliphatic rings. The van der Waals surface area contributed by atoms with Crippen LogP contribution >= 0.6 is 0 Å². The molecule has 0 fully saturated rings. The molecule has 0 saturated carbocycles. The van der Waals surface area contributed by atoms with E-state index < -0.39 is 12.1 Å². The fraction of sp³-hybridized carbons (Fsp3) is 0.444. The number of hydrogen-bond donors (Lipinski definition) is 2. The minimum Gasteiger partial charge on any atom is -0.495 e. The summed E-state index contributed by atoms with van der Waals surface area (Å²) in [7, 11) is 1.27. The molecule has 0 bridgehead atoms. The molecule has 0 unspecified atom stereocenters. The van der Waals surface area contributed by atoms with Crippen molar-refractivity contribution in [3.8, 4) is 5.75 Å². The van der Waals surface area contributed by atoms with E-state index in [1.165, 1.54) is 13.2 Å². The number of rotatable bonds is 4. The monoisotopic (exact) mass is 218 g/mol. The van der Waals surface area contributed by atoms with E-state index in [9.17, 15) is 8.78 Å². The van der Waals surface area contributed by atoms with Crippen LogP contribution in [0.1, 0.15) is 23.4 Å². The van der Waals surface area contributed by atoms with Gasteiger partial charge in [-0.05, 0) is 6.07 Å². The highest BCUT2D eigenvalue weighted by Gasteiger charge is 2.18. The van der Waals surface area contributed by atoms with E-state index in [2.05, 4.69) is 4.98 Å². The summed E-state index contributed by atoms with van der Waals surface area (Å²) in [5.41, 5.74) is 5.54. The Morgan fingerprint density at radius 3 is 2.67 bits per heavy atom. The summed E-state index contributed by atoms with van der Waals surface area (Å²) >= 11 is 0. The second-order valence-electron chi connectivity index (χ2n) is 2.84. The van der Waals surface area contributed by atoms with Crippen LogP contribution in [0, 0.1) is 0 Å². The van der Waals surface area contributed by atoms with Crippen LogP contribution in [0.2, 0.25) is 0 Å². The van der Waals surface area contributed by atoms with Gasteiger partial charge in [0.25, 0.3) is 6.43 Å². The molecule has 4 nitrogen and oxygen atoms in total. The van der Waals surface area contributed by atoms with Crippen molar-refractivity contribution in [2.45, 2.75) is 19.6 Å². The maximum absolute atomic E-state index is 12.5. The molecule has 84 valence electrons. The Balaban J connectivity index is 3.27. The highest BCUT2D eigenvalue weighted by Crippen LogP contribution is 2.28. The van der Waals surface area contributed by atoms with Gasteiger partial charge in [-0.1, -0.05) is 0 Å². The van der Waals surface area contributed by atoms with Crippen molar-refractivity contribution in [3.63, 3.8) is 0 Å². The summed E-state index contributed by atoms with van der Waals surface area (Å²) in [6.45, 7) is -0.307. The highest BCUT2D eigenvalue weighted by molar-refractivity contribution is 5.36. The Bertz CT molecular complexity index is 345. The van der Waals surface area contributed by atoms with Crippen LogP contribution in [0.15, 0.2) is 6.07 Å². The molecule has 15 heavy (non-hydrogen) atoms. The molecule has 1 rings (SSSR count). The first-order valence-corrected chi connectivity index (χ1v) is 4.29. The molecule has 6 heteroatoms. The molecule has 0 atom stereocenters. The number of methoxy groups -OCH3 is 1. The second-order valence-corrected chi connectivity index (χ2v) is 2.84. The third kappa shape index (κ3) is 2.40. The lowest BCUT2D eigenvalue weighted by molar-refractivity contribution is 0.141. The van der Waals surface area contributed by atoms with Gasteiger partial charge in [0.1, 0.15) is 11.4 Å². The first-order chi connectivity index (χ1) is 7.13. The van der Waals surface area contributed by atoms with E-state index in [-0.39, 0.29) is 24.6 Å². The molecular weight excluding hydrogens is 206 g/mol. The van der Waals surface area contributed by atoms with Crippen LogP contribution in [0.5, 0.6) is 5.75 Å². The van der Waals surface area contributed by atoms with Crippen molar-refractivity contribution in [1.29, 1.82) is 0 Å². The predicted octanol–water partition coefficient (Wildman–Crippen LogP) is 0.979. The number of hydrogen-bond acceptors (Lipinski definition) is 4. The van der Waals surface area contributed by atoms with E-state index in [0.717, 1.165) is 0 Å². The maximum Gasteiger partial charge on any atom is 0.284 e. The van der Waals surface area contributed by atoms with Gasteiger partial charge in [0.2, 0.25) is 0 Å². The van der Waals surface area contributed by atoms with Gasteiger partial charge >= 0.3 is 0 Å². The minimum atomic E-state index is -2.72.